The lowest BCUT2D eigenvalue weighted by molar-refractivity contribution is -0.130. The van der Waals surface area contributed by atoms with Gasteiger partial charge in [-0.15, -0.1) is 0 Å². The lowest BCUT2D eigenvalue weighted by Gasteiger charge is -2.31. The van der Waals surface area contributed by atoms with E-state index < -0.39 is 29.2 Å². The molecule has 1 saturated carbocycles. The number of amides is 3. The predicted molar refractivity (Wildman–Crippen MR) is 114 cm³/mol. The number of nitrogens with zero attached hydrogens (tertiary/aromatic N) is 1. The Labute approximate surface area is 178 Å². The molecule has 1 atom stereocenters. The van der Waals surface area contributed by atoms with Crippen LogP contribution in [0, 0.1) is 5.92 Å². The van der Waals surface area contributed by atoms with E-state index in [4.69, 9.17) is 4.74 Å². The Hall–Kier alpha value is -2.58. The van der Waals surface area contributed by atoms with Crippen molar-refractivity contribution in [3.05, 3.63) is 12.5 Å². The first-order chi connectivity index (χ1) is 14.0. The molecule has 0 saturated heterocycles. The SMILES string of the molecule is CC(C)(C)OC(=O)NC(C)(C)C(=O)N[C@H](CC1CCCCC1)C(=O)Nc1cnc[nH]1. The van der Waals surface area contributed by atoms with E-state index in [0.29, 0.717) is 18.2 Å². The van der Waals surface area contributed by atoms with Crippen molar-refractivity contribution in [2.45, 2.75) is 90.3 Å². The molecule has 0 spiro atoms. The number of aromatic nitrogens is 2. The van der Waals surface area contributed by atoms with Gasteiger partial charge < -0.3 is 25.7 Å². The van der Waals surface area contributed by atoms with Crippen LogP contribution in [0.1, 0.15) is 73.1 Å². The molecule has 0 aliphatic heterocycles. The summed E-state index contributed by atoms with van der Waals surface area (Å²) in [5.74, 6) is 0.0766. The standard InChI is InChI=1S/C21H35N5O4/c1-20(2,3)30-19(29)26-21(4,5)18(28)24-15(11-14-9-7-6-8-10-14)17(27)25-16-12-22-13-23-16/h12-15H,6-11H2,1-5H3,(H,22,23)(H,24,28)(H,25,27)(H,26,29)/t15-/m1/s1. The second-order valence-corrected chi connectivity index (χ2v) is 9.47. The van der Waals surface area contributed by atoms with Crippen LogP contribution in [0.5, 0.6) is 0 Å². The van der Waals surface area contributed by atoms with E-state index in [9.17, 15) is 14.4 Å². The van der Waals surface area contributed by atoms with E-state index in [2.05, 4.69) is 25.9 Å². The molecule has 1 aromatic heterocycles. The topological polar surface area (TPSA) is 125 Å². The molecule has 1 fully saturated rings. The molecule has 1 aliphatic rings. The molecule has 1 aromatic rings. The summed E-state index contributed by atoms with van der Waals surface area (Å²) in [7, 11) is 0. The van der Waals surface area contributed by atoms with Gasteiger partial charge in [0.1, 0.15) is 23.0 Å². The Morgan fingerprint density at radius 3 is 2.40 bits per heavy atom. The third-order valence-corrected chi connectivity index (χ3v) is 5.05. The number of carbonyl (C=O) groups excluding carboxylic acids is 3. The zero-order valence-electron chi connectivity index (χ0n) is 18.6. The van der Waals surface area contributed by atoms with E-state index in [1.807, 2.05) is 0 Å². The second kappa shape index (κ2) is 9.95. The molecule has 0 aromatic carbocycles. The summed E-state index contributed by atoms with van der Waals surface area (Å²) in [6, 6.07) is -0.719. The highest BCUT2D eigenvalue weighted by atomic mass is 16.6. The Balaban J connectivity index is 2.05. The molecule has 0 bridgehead atoms. The number of aromatic amines is 1. The Bertz CT molecular complexity index is 718. The number of hydrogen-bond acceptors (Lipinski definition) is 5. The largest absolute Gasteiger partial charge is 0.444 e. The van der Waals surface area contributed by atoms with Crippen molar-refractivity contribution in [1.82, 2.24) is 20.6 Å². The molecule has 9 nitrogen and oxygen atoms in total. The smallest absolute Gasteiger partial charge is 0.408 e. The van der Waals surface area contributed by atoms with Crippen molar-refractivity contribution in [2.75, 3.05) is 5.32 Å². The van der Waals surface area contributed by atoms with Gasteiger partial charge in [-0.1, -0.05) is 32.1 Å². The van der Waals surface area contributed by atoms with Crippen molar-refractivity contribution in [1.29, 1.82) is 0 Å². The third-order valence-electron chi connectivity index (χ3n) is 5.05. The molecule has 0 radical (unpaired) electrons. The summed E-state index contributed by atoms with van der Waals surface area (Å²) < 4.78 is 5.25. The number of alkyl carbamates (subject to hydrolysis) is 1. The highest BCUT2D eigenvalue weighted by Gasteiger charge is 2.35. The first-order valence-corrected chi connectivity index (χ1v) is 10.6. The van der Waals surface area contributed by atoms with Gasteiger partial charge in [-0.25, -0.2) is 9.78 Å². The molecule has 9 heteroatoms. The van der Waals surface area contributed by atoms with Crippen LogP contribution in [0.25, 0.3) is 0 Å². The zero-order valence-corrected chi connectivity index (χ0v) is 18.6. The van der Waals surface area contributed by atoms with Crippen molar-refractivity contribution in [2.24, 2.45) is 5.92 Å². The normalized spacial score (nSPS) is 16.4. The van der Waals surface area contributed by atoms with Gasteiger partial charge in [0, 0.05) is 0 Å². The molecular weight excluding hydrogens is 386 g/mol. The lowest BCUT2D eigenvalue weighted by atomic mass is 9.84. The summed E-state index contributed by atoms with van der Waals surface area (Å²) in [5.41, 5.74) is -1.93. The van der Waals surface area contributed by atoms with Crippen LogP contribution in [0.4, 0.5) is 10.6 Å². The van der Waals surface area contributed by atoms with E-state index >= 15 is 0 Å². The number of carbonyl (C=O) groups is 3. The first kappa shape index (κ1) is 23.7. The maximum atomic E-state index is 12.9. The van der Waals surface area contributed by atoms with Crippen molar-refractivity contribution >= 4 is 23.7 Å². The van der Waals surface area contributed by atoms with E-state index in [1.54, 1.807) is 34.6 Å². The number of imidazole rings is 1. The van der Waals surface area contributed by atoms with Crippen LogP contribution < -0.4 is 16.0 Å². The average Bonchev–Trinajstić information content (AvgIpc) is 3.12. The highest BCUT2D eigenvalue weighted by molar-refractivity contribution is 5.98. The molecule has 3 amide bonds. The fourth-order valence-corrected chi connectivity index (χ4v) is 3.49. The van der Waals surface area contributed by atoms with Gasteiger partial charge in [-0.3, -0.25) is 9.59 Å². The van der Waals surface area contributed by atoms with Crippen LogP contribution in [-0.2, 0) is 14.3 Å². The third kappa shape index (κ3) is 7.68. The minimum atomic E-state index is -1.25. The van der Waals surface area contributed by atoms with Crippen LogP contribution in [-0.4, -0.2) is 45.1 Å². The fraction of sp³-hybridized carbons (Fsp3) is 0.714. The van der Waals surface area contributed by atoms with Gasteiger partial charge in [0.15, 0.2) is 0 Å². The van der Waals surface area contributed by atoms with E-state index in [-0.39, 0.29) is 5.91 Å². The summed E-state index contributed by atoms with van der Waals surface area (Å²) >= 11 is 0. The van der Waals surface area contributed by atoms with Gasteiger partial charge >= 0.3 is 6.09 Å². The molecular formula is C21H35N5O4. The minimum Gasteiger partial charge on any atom is -0.444 e. The summed E-state index contributed by atoms with van der Waals surface area (Å²) in [6.45, 7) is 8.41. The van der Waals surface area contributed by atoms with Gasteiger partial charge in [0.05, 0.1) is 12.5 Å². The van der Waals surface area contributed by atoms with Gasteiger partial charge in [-0.05, 0) is 47.0 Å². The maximum Gasteiger partial charge on any atom is 0.408 e. The molecule has 30 heavy (non-hydrogen) atoms. The van der Waals surface area contributed by atoms with Crippen LogP contribution in [0.2, 0.25) is 0 Å². The van der Waals surface area contributed by atoms with Gasteiger partial charge in [0.2, 0.25) is 11.8 Å². The quantitative estimate of drug-likeness (QED) is 0.538. The van der Waals surface area contributed by atoms with Crippen LogP contribution in [0.15, 0.2) is 12.5 Å². The Morgan fingerprint density at radius 1 is 1.17 bits per heavy atom. The predicted octanol–water partition coefficient (Wildman–Crippen LogP) is 3.11. The lowest BCUT2D eigenvalue weighted by Crippen LogP contribution is -2.59. The number of nitrogens with one attached hydrogen (secondary N) is 4. The van der Waals surface area contributed by atoms with Crippen LogP contribution in [0.3, 0.4) is 0 Å². The van der Waals surface area contributed by atoms with Crippen molar-refractivity contribution in [3.63, 3.8) is 0 Å². The molecule has 1 heterocycles. The Kier molecular flexibility index (Phi) is 7.86. The van der Waals surface area contributed by atoms with Crippen LogP contribution >= 0.6 is 0 Å². The van der Waals surface area contributed by atoms with Crippen molar-refractivity contribution in [3.8, 4) is 0 Å². The average molecular weight is 422 g/mol. The second-order valence-electron chi connectivity index (χ2n) is 9.47. The number of rotatable bonds is 7. The number of ether oxygens (including phenoxy) is 1. The Morgan fingerprint density at radius 2 is 1.83 bits per heavy atom. The number of H-pyrrole nitrogens is 1. The first-order valence-electron chi connectivity index (χ1n) is 10.6. The molecule has 2 rings (SSSR count). The van der Waals surface area contributed by atoms with Crippen molar-refractivity contribution < 1.29 is 19.1 Å². The van der Waals surface area contributed by atoms with Gasteiger partial charge in [0.25, 0.3) is 0 Å². The summed E-state index contributed by atoms with van der Waals surface area (Å²) in [4.78, 5) is 44.7. The van der Waals surface area contributed by atoms with E-state index in [0.717, 1.165) is 25.7 Å². The molecule has 168 valence electrons. The number of hydrogen-bond donors (Lipinski definition) is 4. The molecule has 1 aliphatic carbocycles. The van der Waals surface area contributed by atoms with Gasteiger partial charge in [-0.2, -0.15) is 0 Å². The maximum absolute atomic E-state index is 12.9. The molecule has 0 unspecified atom stereocenters. The van der Waals surface area contributed by atoms with E-state index in [1.165, 1.54) is 18.9 Å². The fourth-order valence-electron chi connectivity index (χ4n) is 3.49. The molecule has 4 N–H and O–H groups in total. The highest BCUT2D eigenvalue weighted by Crippen LogP contribution is 2.27. The summed E-state index contributed by atoms with van der Waals surface area (Å²) in [5, 5.41) is 8.17. The summed E-state index contributed by atoms with van der Waals surface area (Å²) in [6.07, 6.45) is 8.41. The zero-order chi connectivity index (χ0) is 22.4. The minimum absolute atomic E-state index is 0.314. The monoisotopic (exact) mass is 421 g/mol. The number of anilines is 1.